The Morgan fingerprint density at radius 2 is 2.09 bits per heavy atom. The Balaban J connectivity index is 3.76. The molecule has 0 aromatic heterocycles. The molecule has 0 rings (SSSR count). The Morgan fingerprint density at radius 3 is 2.45 bits per heavy atom. The van der Waals surface area contributed by atoms with Gasteiger partial charge in [-0.1, -0.05) is 13.0 Å². The van der Waals surface area contributed by atoms with Crippen LogP contribution in [0.15, 0.2) is 12.7 Å². The van der Waals surface area contributed by atoms with E-state index in [-0.39, 0.29) is 6.61 Å². The van der Waals surface area contributed by atoms with Gasteiger partial charge in [-0.3, -0.25) is 0 Å². The maximum absolute atomic E-state index is 9.74. The van der Waals surface area contributed by atoms with Gasteiger partial charge < -0.3 is 10.2 Å². The second-order valence-electron chi connectivity index (χ2n) is 2.88. The van der Waals surface area contributed by atoms with Crippen LogP contribution in [0.1, 0.15) is 32.6 Å². The zero-order valence-electron chi connectivity index (χ0n) is 7.21. The Hall–Kier alpha value is -0.340. The van der Waals surface area contributed by atoms with Gasteiger partial charge in [-0.2, -0.15) is 0 Å². The minimum atomic E-state index is -0.678. The molecule has 0 heterocycles. The molecule has 0 aliphatic rings. The average molecular weight is 158 g/mol. The van der Waals surface area contributed by atoms with Crippen LogP contribution in [0, 0.1) is 0 Å². The van der Waals surface area contributed by atoms with E-state index in [1.54, 1.807) is 6.08 Å². The highest BCUT2D eigenvalue weighted by Crippen LogP contribution is 2.20. The van der Waals surface area contributed by atoms with Crippen molar-refractivity contribution >= 4 is 0 Å². The summed E-state index contributed by atoms with van der Waals surface area (Å²) in [6.45, 7) is 5.57. The molecule has 0 saturated heterocycles. The summed E-state index contributed by atoms with van der Waals surface area (Å²) < 4.78 is 0. The van der Waals surface area contributed by atoms with Crippen molar-refractivity contribution in [3.63, 3.8) is 0 Å². The smallest absolute Gasteiger partial charge is 0.0670 e. The van der Waals surface area contributed by atoms with Gasteiger partial charge in [0.25, 0.3) is 0 Å². The van der Waals surface area contributed by atoms with Crippen LogP contribution in [0.25, 0.3) is 0 Å². The number of hydrogen-bond acceptors (Lipinski definition) is 2. The summed E-state index contributed by atoms with van der Waals surface area (Å²) in [5.41, 5.74) is -0.678. The first kappa shape index (κ1) is 10.7. The second kappa shape index (κ2) is 5.33. The third kappa shape index (κ3) is 4.17. The largest absolute Gasteiger partial charge is 0.396 e. The first-order valence-corrected chi connectivity index (χ1v) is 4.12. The first-order chi connectivity index (χ1) is 5.18. The van der Waals surface area contributed by atoms with Gasteiger partial charge in [0, 0.05) is 6.61 Å². The highest BCUT2D eigenvalue weighted by atomic mass is 16.3. The van der Waals surface area contributed by atoms with Crippen LogP contribution in [0.3, 0.4) is 0 Å². The fourth-order valence-electron chi connectivity index (χ4n) is 1.06. The highest BCUT2D eigenvalue weighted by Gasteiger charge is 2.22. The van der Waals surface area contributed by atoms with Crippen LogP contribution in [-0.2, 0) is 0 Å². The van der Waals surface area contributed by atoms with E-state index in [4.69, 9.17) is 5.11 Å². The average Bonchev–Trinajstić information content (AvgIpc) is 2.02. The predicted octanol–water partition coefficient (Wildman–Crippen LogP) is 1.48. The molecule has 2 nitrogen and oxygen atoms in total. The molecule has 0 saturated carbocycles. The molecule has 2 N–H and O–H groups in total. The van der Waals surface area contributed by atoms with Crippen LogP contribution in [0.4, 0.5) is 0 Å². The van der Waals surface area contributed by atoms with Crippen molar-refractivity contribution in [2.45, 2.75) is 38.2 Å². The lowest BCUT2D eigenvalue weighted by atomic mass is 9.91. The van der Waals surface area contributed by atoms with E-state index >= 15 is 0 Å². The number of aliphatic hydroxyl groups excluding tert-OH is 1. The normalized spacial score (nSPS) is 15.9. The summed E-state index contributed by atoms with van der Waals surface area (Å²) in [6.07, 6.45) is 4.47. The van der Waals surface area contributed by atoms with Gasteiger partial charge in [0.05, 0.1) is 5.60 Å². The molecular formula is C9H18O2. The standard InChI is InChI=1S/C9H18O2/c1-3-5-6-9(11,4-2)7-8-10/h3,10-11H,1,4-8H2,2H3. The van der Waals surface area contributed by atoms with Crippen LogP contribution in [-0.4, -0.2) is 22.4 Å². The molecule has 0 fully saturated rings. The lowest BCUT2D eigenvalue weighted by Crippen LogP contribution is -2.28. The monoisotopic (exact) mass is 158 g/mol. The van der Waals surface area contributed by atoms with Crippen LogP contribution >= 0.6 is 0 Å². The van der Waals surface area contributed by atoms with Gasteiger partial charge in [0.15, 0.2) is 0 Å². The molecule has 0 aliphatic heterocycles. The topological polar surface area (TPSA) is 40.5 Å². The number of hydrogen-bond donors (Lipinski definition) is 2. The molecule has 11 heavy (non-hydrogen) atoms. The van der Waals surface area contributed by atoms with E-state index in [1.807, 2.05) is 6.92 Å². The van der Waals surface area contributed by atoms with E-state index in [2.05, 4.69) is 6.58 Å². The minimum Gasteiger partial charge on any atom is -0.396 e. The number of aliphatic hydroxyl groups is 2. The zero-order valence-corrected chi connectivity index (χ0v) is 7.21. The van der Waals surface area contributed by atoms with Crippen molar-refractivity contribution in [3.8, 4) is 0 Å². The van der Waals surface area contributed by atoms with E-state index in [0.717, 1.165) is 6.42 Å². The molecule has 0 bridgehead atoms. The molecular weight excluding hydrogens is 140 g/mol. The summed E-state index contributed by atoms with van der Waals surface area (Å²) in [6, 6.07) is 0. The zero-order chi connectivity index (χ0) is 8.74. The third-order valence-corrected chi connectivity index (χ3v) is 2.05. The summed E-state index contributed by atoms with van der Waals surface area (Å²) in [5, 5.41) is 18.4. The molecule has 0 aliphatic carbocycles. The summed E-state index contributed by atoms with van der Waals surface area (Å²) in [7, 11) is 0. The fraction of sp³-hybridized carbons (Fsp3) is 0.778. The first-order valence-electron chi connectivity index (χ1n) is 4.12. The molecule has 0 aromatic rings. The molecule has 0 amide bonds. The number of allylic oxidation sites excluding steroid dienone is 1. The van der Waals surface area contributed by atoms with Gasteiger partial charge in [-0.25, -0.2) is 0 Å². The lowest BCUT2D eigenvalue weighted by Gasteiger charge is -2.25. The second-order valence-corrected chi connectivity index (χ2v) is 2.88. The molecule has 0 radical (unpaired) electrons. The summed E-state index contributed by atoms with van der Waals surface area (Å²) in [5.74, 6) is 0. The van der Waals surface area contributed by atoms with Crippen molar-refractivity contribution in [3.05, 3.63) is 12.7 Å². The minimum absolute atomic E-state index is 0.0570. The molecule has 1 atom stereocenters. The van der Waals surface area contributed by atoms with Crippen molar-refractivity contribution < 1.29 is 10.2 Å². The van der Waals surface area contributed by atoms with Crippen molar-refractivity contribution in [1.29, 1.82) is 0 Å². The molecule has 0 spiro atoms. The van der Waals surface area contributed by atoms with Gasteiger partial charge >= 0.3 is 0 Å². The third-order valence-electron chi connectivity index (χ3n) is 2.05. The molecule has 66 valence electrons. The molecule has 1 unspecified atom stereocenters. The van der Waals surface area contributed by atoms with E-state index in [0.29, 0.717) is 19.3 Å². The van der Waals surface area contributed by atoms with E-state index in [9.17, 15) is 5.11 Å². The van der Waals surface area contributed by atoms with Gasteiger partial charge in [0.1, 0.15) is 0 Å². The Kier molecular flexibility index (Phi) is 5.16. The maximum atomic E-state index is 9.74. The highest BCUT2D eigenvalue weighted by molar-refractivity contribution is 4.80. The Bertz CT molecular complexity index is 112. The van der Waals surface area contributed by atoms with Crippen molar-refractivity contribution in [2.24, 2.45) is 0 Å². The van der Waals surface area contributed by atoms with Gasteiger partial charge in [0.2, 0.25) is 0 Å². The fourth-order valence-corrected chi connectivity index (χ4v) is 1.06. The van der Waals surface area contributed by atoms with Crippen LogP contribution < -0.4 is 0 Å². The van der Waals surface area contributed by atoms with Crippen molar-refractivity contribution in [1.82, 2.24) is 0 Å². The Labute approximate surface area is 68.6 Å². The summed E-state index contributed by atoms with van der Waals surface area (Å²) >= 11 is 0. The van der Waals surface area contributed by atoms with Crippen molar-refractivity contribution in [2.75, 3.05) is 6.61 Å². The van der Waals surface area contributed by atoms with E-state index < -0.39 is 5.60 Å². The van der Waals surface area contributed by atoms with Gasteiger partial charge in [-0.05, 0) is 25.7 Å². The maximum Gasteiger partial charge on any atom is 0.0670 e. The number of rotatable bonds is 6. The van der Waals surface area contributed by atoms with Gasteiger partial charge in [-0.15, -0.1) is 6.58 Å². The SMILES string of the molecule is C=CCCC(O)(CC)CCO. The Morgan fingerprint density at radius 1 is 1.45 bits per heavy atom. The summed E-state index contributed by atoms with van der Waals surface area (Å²) in [4.78, 5) is 0. The quantitative estimate of drug-likeness (QED) is 0.575. The van der Waals surface area contributed by atoms with E-state index in [1.165, 1.54) is 0 Å². The predicted molar refractivity (Wildman–Crippen MR) is 46.4 cm³/mol. The molecule has 0 aromatic carbocycles. The lowest BCUT2D eigenvalue weighted by molar-refractivity contribution is 0.00529. The molecule has 2 heteroatoms. The van der Waals surface area contributed by atoms with Crippen LogP contribution in [0.5, 0.6) is 0 Å². The van der Waals surface area contributed by atoms with Crippen LogP contribution in [0.2, 0.25) is 0 Å².